The van der Waals surface area contributed by atoms with Crippen molar-refractivity contribution >= 4 is 0 Å². The zero-order chi connectivity index (χ0) is 17.7. The summed E-state index contributed by atoms with van der Waals surface area (Å²) >= 11 is 0. The Morgan fingerprint density at radius 1 is 1.19 bits per heavy atom. The van der Waals surface area contributed by atoms with Crippen molar-refractivity contribution in [3.05, 3.63) is 58.9 Å². The molecule has 3 aliphatic rings. The smallest absolute Gasteiger partial charge is 0.231 e. The van der Waals surface area contributed by atoms with Gasteiger partial charge in [0, 0.05) is 17.6 Å². The standard InChI is InChI=1S/C22H24FNO2/c1-22(24-11-9-16(13-24)15-4-2-5-17(23)12-15)10-3-6-18-19(22)7-8-20-21(18)26-14-25-20/h2,4-5,7-8,12,16H,3,6,9-11,13-14H2,1H3. The third kappa shape index (κ3) is 2.43. The van der Waals surface area contributed by atoms with Crippen molar-refractivity contribution in [2.75, 3.05) is 19.9 Å². The Bertz CT molecular complexity index is 852. The van der Waals surface area contributed by atoms with Gasteiger partial charge in [-0.1, -0.05) is 18.2 Å². The van der Waals surface area contributed by atoms with Crippen molar-refractivity contribution in [1.82, 2.24) is 4.90 Å². The molecule has 2 aliphatic heterocycles. The summed E-state index contributed by atoms with van der Waals surface area (Å²) in [6.45, 7) is 4.72. The predicted octanol–water partition coefficient (Wildman–Crippen LogP) is 4.60. The van der Waals surface area contributed by atoms with Crippen molar-refractivity contribution in [2.45, 2.75) is 44.1 Å². The van der Waals surface area contributed by atoms with Crippen LogP contribution in [0.4, 0.5) is 4.39 Å². The Labute approximate surface area is 153 Å². The topological polar surface area (TPSA) is 21.7 Å². The summed E-state index contributed by atoms with van der Waals surface area (Å²) in [4.78, 5) is 2.60. The Kier molecular flexibility index (Phi) is 3.71. The van der Waals surface area contributed by atoms with Gasteiger partial charge in [-0.05, 0) is 74.4 Å². The van der Waals surface area contributed by atoms with Gasteiger partial charge >= 0.3 is 0 Å². The SMILES string of the molecule is CC1(N2CCC(c3cccc(F)c3)C2)CCCc2c1ccc1c2OCO1. The Morgan fingerprint density at radius 3 is 3.00 bits per heavy atom. The highest BCUT2D eigenvalue weighted by Gasteiger charge is 2.42. The molecule has 0 N–H and O–H groups in total. The van der Waals surface area contributed by atoms with E-state index in [9.17, 15) is 4.39 Å². The molecule has 136 valence electrons. The number of hydrogen-bond acceptors (Lipinski definition) is 3. The molecule has 3 nitrogen and oxygen atoms in total. The second kappa shape index (κ2) is 5.98. The lowest BCUT2D eigenvalue weighted by atomic mass is 9.76. The molecule has 0 amide bonds. The van der Waals surface area contributed by atoms with Crippen LogP contribution < -0.4 is 9.47 Å². The van der Waals surface area contributed by atoms with Crippen LogP contribution in [0.1, 0.15) is 48.8 Å². The van der Waals surface area contributed by atoms with E-state index in [2.05, 4.69) is 30.0 Å². The summed E-state index contributed by atoms with van der Waals surface area (Å²) in [6.07, 6.45) is 4.44. The first kappa shape index (κ1) is 16.1. The molecule has 2 aromatic carbocycles. The molecule has 26 heavy (non-hydrogen) atoms. The maximum atomic E-state index is 13.6. The second-order valence-corrected chi connectivity index (χ2v) is 7.94. The molecule has 1 aliphatic carbocycles. The van der Waals surface area contributed by atoms with E-state index in [1.807, 2.05) is 6.07 Å². The Morgan fingerprint density at radius 2 is 2.12 bits per heavy atom. The number of benzene rings is 2. The molecule has 2 unspecified atom stereocenters. The lowest BCUT2D eigenvalue weighted by Crippen LogP contribution is -2.44. The molecule has 0 aromatic heterocycles. The molecule has 1 fully saturated rings. The fourth-order valence-electron chi connectivity index (χ4n) is 5.10. The molecule has 2 heterocycles. The quantitative estimate of drug-likeness (QED) is 0.788. The molecular formula is C22H24FNO2. The van der Waals surface area contributed by atoms with E-state index in [0.717, 1.165) is 55.8 Å². The van der Waals surface area contributed by atoms with E-state index in [0.29, 0.717) is 12.7 Å². The first-order chi connectivity index (χ1) is 12.6. The summed E-state index contributed by atoms with van der Waals surface area (Å²) in [5, 5.41) is 0. The number of rotatable bonds is 2. The van der Waals surface area contributed by atoms with Crippen LogP contribution in [0.2, 0.25) is 0 Å². The fraction of sp³-hybridized carbons (Fsp3) is 0.455. The Balaban J connectivity index is 1.46. The molecule has 2 atom stereocenters. The number of fused-ring (bicyclic) bond motifs is 3. The van der Waals surface area contributed by atoms with Crippen molar-refractivity contribution in [3.8, 4) is 11.5 Å². The van der Waals surface area contributed by atoms with Crippen LogP contribution in [0.5, 0.6) is 11.5 Å². The average Bonchev–Trinajstić information content (AvgIpc) is 3.32. The van der Waals surface area contributed by atoms with Gasteiger partial charge < -0.3 is 9.47 Å². The molecule has 0 spiro atoms. The van der Waals surface area contributed by atoms with Crippen molar-refractivity contribution < 1.29 is 13.9 Å². The first-order valence-electron chi connectivity index (χ1n) is 9.57. The van der Waals surface area contributed by atoms with Crippen LogP contribution in [-0.4, -0.2) is 24.8 Å². The maximum absolute atomic E-state index is 13.6. The van der Waals surface area contributed by atoms with Crippen molar-refractivity contribution in [2.24, 2.45) is 0 Å². The van der Waals surface area contributed by atoms with Gasteiger partial charge in [-0.15, -0.1) is 0 Å². The molecule has 5 rings (SSSR count). The minimum absolute atomic E-state index is 0.0106. The molecule has 1 saturated heterocycles. The third-order valence-electron chi connectivity index (χ3n) is 6.52. The van der Waals surface area contributed by atoms with Gasteiger partial charge in [0.15, 0.2) is 11.5 Å². The van der Waals surface area contributed by atoms with E-state index in [1.165, 1.54) is 17.2 Å². The number of nitrogens with zero attached hydrogens (tertiary/aromatic N) is 1. The summed E-state index contributed by atoms with van der Waals surface area (Å²) in [5.74, 6) is 2.10. The van der Waals surface area contributed by atoms with E-state index in [4.69, 9.17) is 9.47 Å². The fourth-order valence-corrected chi connectivity index (χ4v) is 5.10. The largest absolute Gasteiger partial charge is 0.454 e. The summed E-state index contributed by atoms with van der Waals surface area (Å²) < 4.78 is 25.0. The lowest BCUT2D eigenvalue weighted by molar-refractivity contribution is 0.110. The van der Waals surface area contributed by atoms with E-state index < -0.39 is 0 Å². The van der Waals surface area contributed by atoms with Crippen LogP contribution >= 0.6 is 0 Å². The van der Waals surface area contributed by atoms with Crippen molar-refractivity contribution in [3.63, 3.8) is 0 Å². The highest BCUT2D eigenvalue weighted by Crippen LogP contribution is 2.49. The lowest BCUT2D eigenvalue weighted by Gasteiger charge is -2.43. The number of hydrogen-bond donors (Lipinski definition) is 0. The predicted molar refractivity (Wildman–Crippen MR) is 98.2 cm³/mol. The number of likely N-dealkylation sites (tertiary alicyclic amines) is 1. The van der Waals surface area contributed by atoms with Gasteiger partial charge in [-0.2, -0.15) is 0 Å². The summed E-state index contributed by atoms with van der Waals surface area (Å²) in [6, 6.07) is 11.4. The van der Waals surface area contributed by atoms with Gasteiger partial charge in [0.05, 0.1) is 0 Å². The minimum Gasteiger partial charge on any atom is -0.454 e. The van der Waals surface area contributed by atoms with Crippen LogP contribution in [0.3, 0.4) is 0 Å². The number of ether oxygens (including phenoxy) is 2. The van der Waals surface area contributed by atoms with Crippen LogP contribution in [0.15, 0.2) is 36.4 Å². The maximum Gasteiger partial charge on any atom is 0.231 e. The first-order valence-corrected chi connectivity index (χ1v) is 9.57. The molecule has 4 heteroatoms. The zero-order valence-electron chi connectivity index (χ0n) is 15.1. The van der Waals surface area contributed by atoms with Crippen molar-refractivity contribution in [1.29, 1.82) is 0 Å². The molecule has 0 radical (unpaired) electrons. The van der Waals surface area contributed by atoms with Gasteiger partial charge in [0.2, 0.25) is 6.79 Å². The summed E-state index contributed by atoms with van der Waals surface area (Å²) in [5.41, 5.74) is 3.84. The average molecular weight is 353 g/mol. The highest BCUT2D eigenvalue weighted by molar-refractivity contribution is 5.55. The van der Waals surface area contributed by atoms with Crippen LogP contribution in [0.25, 0.3) is 0 Å². The van der Waals surface area contributed by atoms with Gasteiger partial charge in [-0.3, -0.25) is 4.90 Å². The van der Waals surface area contributed by atoms with E-state index in [1.54, 1.807) is 6.07 Å². The molecule has 2 aromatic rings. The zero-order valence-corrected chi connectivity index (χ0v) is 15.1. The Hall–Kier alpha value is -2.07. The van der Waals surface area contributed by atoms with Gasteiger partial charge in [-0.25, -0.2) is 4.39 Å². The third-order valence-corrected chi connectivity index (χ3v) is 6.52. The number of halogens is 1. The minimum atomic E-state index is -0.136. The van der Waals surface area contributed by atoms with E-state index >= 15 is 0 Å². The highest BCUT2D eigenvalue weighted by atomic mass is 19.1. The van der Waals surface area contributed by atoms with Crippen LogP contribution in [-0.2, 0) is 12.0 Å². The summed E-state index contributed by atoms with van der Waals surface area (Å²) in [7, 11) is 0. The second-order valence-electron chi connectivity index (χ2n) is 7.94. The van der Waals surface area contributed by atoms with Crippen LogP contribution in [0, 0.1) is 5.82 Å². The normalized spacial score (nSPS) is 27.5. The van der Waals surface area contributed by atoms with Gasteiger partial charge in [0.25, 0.3) is 0 Å². The van der Waals surface area contributed by atoms with Gasteiger partial charge in [0.1, 0.15) is 5.82 Å². The molecule has 0 bridgehead atoms. The molecule has 0 saturated carbocycles. The van der Waals surface area contributed by atoms with E-state index in [-0.39, 0.29) is 11.4 Å². The monoisotopic (exact) mass is 353 g/mol. The molecular weight excluding hydrogens is 329 g/mol.